The van der Waals surface area contributed by atoms with E-state index in [0.717, 1.165) is 25.9 Å². The minimum Gasteiger partial charge on any atom is -0.408 e. The highest BCUT2D eigenvalue weighted by atomic mass is 16.4. The molecule has 1 aliphatic heterocycles. The molecule has 19 heavy (non-hydrogen) atoms. The lowest BCUT2D eigenvalue weighted by atomic mass is 10.1. The van der Waals surface area contributed by atoms with Crippen molar-refractivity contribution in [3.63, 3.8) is 0 Å². The van der Waals surface area contributed by atoms with Gasteiger partial charge in [0, 0.05) is 25.7 Å². The zero-order valence-electron chi connectivity index (χ0n) is 10.9. The topological polar surface area (TPSA) is 55.5 Å². The predicted octanol–water partition coefficient (Wildman–Crippen LogP) is 1.76. The Kier molecular flexibility index (Phi) is 2.89. The molecule has 1 fully saturated rings. The van der Waals surface area contributed by atoms with E-state index in [1.165, 1.54) is 11.0 Å². The molecule has 0 atom stereocenters. The van der Waals surface area contributed by atoms with Gasteiger partial charge in [0.25, 0.3) is 5.91 Å². The number of oxazole rings is 1. The van der Waals surface area contributed by atoms with E-state index in [1.807, 2.05) is 4.90 Å². The van der Waals surface area contributed by atoms with Gasteiger partial charge in [-0.1, -0.05) is 0 Å². The van der Waals surface area contributed by atoms with Crippen molar-refractivity contribution in [2.75, 3.05) is 13.1 Å². The van der Waals surface area contributed by atoms with Crippen LogP contribution in [0.25, 0.3) is 11.1 Å². The second-order valence-corrected chi connectivity index (χ2v) is 4.96. The fraction of sp³-hybridized carbons (Fsp3) is 0.429. The molecule has 0 unspecified atom stereocenters. The van der Waals surface area contributed by atoms with Crippen LogP contribution in [-0.4, -0.2) is 28.5 Å². The van der Waals surface area contributed by atoms with Crippen molar-refractivity contribution < 1.29 is 9.21 Å². The van der Waals surface area contributed by atoms with E-state index in [4.69, 9.17) is 4.42 Å². The van der Waals surface area contributed by atoms with Crippen molar-refractivity contribution in [2.24, 2.45) is 7.05 Å². The summed E-state index contributed by atoms with van der Waals surface area (Å²) in [6.07, 6.45) is 3.33. The number of aryl methyl sites for hydroxylation is 1. The SMILES string of the molecule is Cn1c(=O)oc2ccc(C(=O)N3CCCCC3)cc21. The van der Waals surface area contributed by atoms with E-state index in [0.29, 0.717) is 16.7 Å². The summed E-state index contributed by atoms with van der Waals surface area (Å²) in [6.45, 7) is 1.64. The molecule has 0 spiro atoms. The Morgan fingerprint density at radius 1 is 1.21 bits per heavy atom. The monoisotopic (exact) mass is 260 g/mol. The lowest BCUT2D eigenvalue weighted by Crippen LogP contribution is -2.35. The zero-order chi connectivity index (χ0) is 13.4. The average molecular weight is 260 g/mol. The first-order valence-electron chi connectivity index (χ1n) is 6.56. The Hall–Kier alpha value is -2.04. The van der Waals surface area contributed by atoms with Crippen LogP contribution >= 0.6 is 0 Å². The third-order valence-corrected chi connectivity index (χ3v) is 3.68. The quantitative estimate of drug-likeness (QED) is 0.785. The normalized spacial score (nSPS) is 15.9. The smallest absolute Gasteiger partial charge is 0.408 e. The summed E-state index contributed by atoms with van der Waals surface area (Å²) in [4.78, 5) is 25.7. The number of fused-ring (bicyclic) bond motifs is 1. The highest BCUT2D eigenvalue weighted by molar-refractivity contribution is 5.97. The molecule has 2 aromatic rings. The minimum atomic E-state index is -0.405. The van der Waals surface area contributed by atoms with Gasteiger partial charge in [0.15, 0.2) is 5.58 Å². The van der Waals surface area contributed by atoms with Gasteiger partial charge in [0.2, 0.25) is 0 Å². The maximum Gasteiger partial charge on any atom is 0.419 e. The molecule has 100 valence electrons. The average Bonchev–Trinajstić information content (AvgIpc) is 2.74. The Morgan fingerprint density at radius 3 is 2.68 bits per heavy atom. The molecule has 1 aliphatic rings. The Labute approximate surface area is 110 Å². The standard InChI is InChI=1S/C14H16N2O3/c1-15-11-9-10(5-6-12(11)19-14(15)18)13(17)16-7-3-2-4-8-16/h5-6,9H,2-4,7-8H2,1H3. The molecule has 0 radical (unpaired) electrons. The third kappa shape index (κ3) is 2.05. The zero-order valence-corrected chi connectivity index (χ0v) is 10.9. The van der Waals surface area contributed by atoms with Gasteiger partial charge < -0.3 is 9.32 Å². The molecule has 0 bridgehead atoms. The lowest BCUT2D eigenvalue weighted by molar-refractivity contribution is 0.0724. The molecule has 3 rings (SSSR count). The van der Waals surface area contributed by atoms with Gasteiger partial charge in [-0.3, -0.25) is 9.36 Å². The van der Waals surface area contributed by atoms with Gasteiger partial charge in [-0.25, -0.2) is 4.79 Å². The fourth-order valence-electron chi connectivity index (χ4n) is 2.54. The van der Waals surface area contributed by atoms with E-state index in [1.54, 1.807) is 25.2 Å². The van der Waals surface area contributed by atoms with Crippen LogP contribution in [0, 0.1) is 0 Å². The number of likely N-dealkylation sites (tertiary alicyclic amines) is 1. The minimum absolute atomic E-state index is 0.0373. The number of aromatic nitrogens is 1. The maximum absolute atomic E-state index is 12.4. The van der Waals surface area contributed by atoms with Crippen molar-refractivity contribution in [3.05, 3.63) is 34.3 Å². The van der Waals surface area contributed by atoms with E-state index in [2.05, 4.69) is 0 Å². The molecule has 5 heteroatoms. The Morgan fingerprint density at radius 2 is 1.95 bits per heavy atom. The molecule has 0 N–H and O–H groups in total. The molecule has 0 saturated carbocycles. The van der Waals surface area contributed by atoms with Crippen molar-refractivity contribution in [2.45, 2.75) is 19.3 Å². The molecule has 0 aliphatic carbocycles. The number of amides is 1. The second-order valence-electron chi connectivity index (χ2n) is 4.96. The van der Waals surface area contributed by atoms with Crippen molar-refractivity contribution in [1.82, 2.24) is 9.47 Å². The van der Waals surface area contributed by atoms with Gasteiger partial charge in [-0.15, -0.1) is 0 Å². The predicted molar refractivity (Wildman–Crippen MR) is 71.2 cm³/mol. The van der Waals surface area contributed by atoms with Crippen molar-refractivity contribution in [1.29, 1.82) is 0 Å². The third-order valence-electron chi connectivity index (χ3n) is 3.68. The molecular weight excluding hydrogens is 244 g/mol. The summed E-state index contributed by atoms with van der Waals surface area (Å²) < 4.78 is 6.48. The molecule has 1 amide bonds. The largest absolute Gasteiger partial charge is 0.419 e. The van der Waals surface area contributed by atoms with Crippen LogP contribution in [0.4, 0.5) is 0 Å². The Bertz CT molecular complexity index is 678. The molecule has 5 nitrogen and oxygen atoms in total. The highest BCUT2D eigenvalue weighted by Gasteiger charge is 2.19. The first-order chi connectivity index (χ1) is 9.16. The maximum atomic E-state index is 12.4. The van der Waals surface area contributed by atoms with Gasteiger partial charge in [0.1, 0.15) is 0 Å². The molecule has 1 aromatic heterocycles. The Balaban J connectivity index is 1.98. The van der Waals surface area contributed by atoms with E-state index in [9.17, 15) is 9.59 Å². The van der Waals surface area contributed by atoms with Crippen molar-refractivity contribution in [3.8, 4) is 0 Å². The van der Waals surface area contributed by atoms with Crippen LogP contribution in [-0.2, 0) is 7.05 Å². The van der Waals surface area contributed by atoms with Crippen LogP contribution < -0.4 is 5.76 Å². The summed E-state index contributed by atoms with van der Waals surface area (Å²) in [6, 6.07) is 5.15. The van der Waals surface area contributed by atoms with E-state index in [-0.39, 0.29) is 5.91 Å². The molecule has 2 heterocycles. The fourth-order valence-corrected chi connectivity index (χ4v) is 2.54. The van der Waals surface area contributed by atoms with Crippen LogP contribution in [0.2, 0.25) is 0 Å². The molecule has 1 saturated heterocycles. The summed E-state index contributed by atoms with van der Waals surface area (Å²) in [5.74, 6) is -0.368. The number of rotatable bonds is 1. The second kappa shape index (κ2) is 4.57. The van der Waals surface area contributed by atoms with Gasteiger partial charge >= 0.3 is 5.76 Å². The number of piperidine rings is 1. The summed E-state index contributed by atoms with van der Waals surface area (Å²) in [5.41, 5.74) is 1.79. The van der Waals surface area contributed by atoms with Gasteiger partial charge in [-0.2, -0.15) is 0 Å². The van der Waals surface area contributed by atoms with Crippen LogP contribution in [0.5, 0.6) is 0 Å². The van der Waals surface area contributed by atoms with E-state index >= 15 is 0 Å². The van der Waals surface area contributed by atoms with Crippen LogP contribution in [0.15, 0.2) is 27.4 Å². The summed E-state index contributed by atoms with van der Waals surface area (Å²) >= 11 is 0. The van der Waals surface area contributed by atoms with Gasteiger partial charge in [-0.05, 0) is 37.5 Å². The first-order valence-corrected chi connectivity index (χ1v) is 6.56. The highest BCUT2D eigenvalue weighted by Crippen LogP contribution is 2.18. The summed E-state index contributed by atoms with van der Waals surface area (Å²) in [5, 5.41) is 0. The molecule has 1 aromatic carbocycles. The number of hydrogen-bond acceptors (Lipinski definition) is 3. The van der Waals surface area contributed by atoms with E-state index < -0.39 is 5.76 Å². The van der Waals surface area contributed by atoms with Crippen LogP contribution in [0.3, 0.4) is 0 Å². The molecular formula is C14H16N2O3. The number of carbonyl (C=O) groups is 1. The van der Waals surface area contributed by atoms with Crippen molar-refractivity contribution >= 4 is 17.0 Å². The van der Waals surface area contributed by atoms with Gasteiger partial charge in [0.05, 0.1) is 5.52 Å². The number of benzene rings is 1. The summed E-state index contributed by atoms with van der Waals surface area (Å²) in [7, 11) is 1.64. The first kappa shape index (κ1) is 12.0. The lowest BCUT2D eigenvalue weighted by Gasteiger charge is -2.26. The number of carbonyl (C=O) groups excluding carboxylic acids is 1. The van der Waals surface area contributed by atoms with Crippen LogP contribution in [0.1, 0.15) is 29.6 Å². The number of nitrogens with zero attached hydrogens (tertiary/aromatic N) is 2. The number of hydrogen-bond donors (Lipinski definition) is 0.